The zero-order chi connectivity index (χ0) is 34.0. The third-order valence-electron chi connectivity index (χ3n) is 9.03. The number of hydrogen-bond acceptors (Lipinski definition) is 6. The van der Waals surface area contributed by atoms with Crippen molar-refractivity contribution in [2.24, 2.45) is 5.92 Å². The van der Waals surface area contributed by atoms with Crippen LogP contribution in [0.15, 0.2) is 47.4 Å². The molecule has 2 fully saturated rings. The fraction of sp³-hybridized carbons (Fsp3) is 0.515. The van der Waals surface area contributed by atoms with Crippen LogP contribution in [0.2, 0.25) is 0 Å². The van der Waals surface area contributed by atoms with Crippen molar-refractivity contribution in [3.63, 3.8) is 0 Å². The van der Waals surface area contributed by atoms with Gasteiger partial charge < -0.3 is 24.8 Å². The molecule has 1 saturated heterocycles. The minimum absolute atomic E-state index is 0.0599. The maximum Gasteiger partial charge on any atom is 0.406 e. The van der Waals surface area contributed by atoms with E-state index in [2.05, 4.69) is 27.4 Å². The topological polar surface area (TPSA) is 75.6 Å². The Morgan fingerprint density at radius 1 is 0.936 bits per heavy atom. The molecule has 14 heteroatoms. The van der Waals surface area contributed by atoms with Crippen LogP contribution in [0.5, 0.6) is 5.75 Å². The van der Waals surface area contributed by atoms with Gasteiger partial charge in [0, 0.05) is 35.5 Å². The summed E-state index contributed by atoms with van der Waals surface area (Å²) < 4.78 is 110. The highest BCUT2D eigenvalue weighted by Crippen LogP contribution is 2.37. The first kappa shape index (κ1) is 34.8. The monoisotopic (exact) mass is 684 g/mol. The molecule has 1 aromatic heterocycles. The number of piperidine rings is 1. The van der Waals surface area contributed by atoms with Crippen LogP contribution in [0.25, 0.3) is 10.9 Å². The van der Waals surface area contributed by atoms with Crippen molar-refractivity contribution in [2.45, 2.75) is 74.4 Å². The molecule has 1 aliphatic carbocycles. The molecule has 5 rings (SSSR count). The summed E-state index contributed by atoms with van der Waals surface area (Å²) in [7, 11) is -2.04. The Bertz CT molecular complexity index is 1730. The number of alkyl halides is 6. The molecular weight excluding hydrogens is 646 g/mol. The summed E-state index contributed by atoms with van der Waals surface area (Å²) in [4.78, 5) is 2.27. The maximum absolute atomic E-state index is 13.7. The van der Waals surface area contributed by atoms with Crippen LogP contribution >= 0.6 is 0 Å². The molecule has 256 valence electrons. The zero-order valence-corrected chi connectivity index (χ0v) is 27.0. The van der Waals surface area contributed by atoms with Crippen molar-refractivity contribution in [1.29, 1.82) is 0 Å². The average molecular weight is 685 g/mol. The largest absolute Gasteiger partial charge is 0.495 e. The van der Waals surface area contributed by atoms with Crippen LogP contribution in [0.4, 0.5) is 37.7 Å². The summed E-state index contributed by atoms with van der Waals surface area (Å²) in [6.45, 7) is -0.263. The third-order valence-corrected chi connectivity index (χ3v) is 10.1. The minimum Gasteiger partial charge on any atom is -0.495 e. The standard InChI is InChI=1S/C33H38F6N4O3S/c1-46-31-20-26(47(2,44)45)12-13-29(31)40-16-4-5-25-19-27-28(6-3-7-30(27)43(25)21-32(34,35)36)41-23-8-10-24(11-9-23)42-17-14-22(15-18-42)33(37,38)39/h3,6-7,12-13,19-20,22-24,40-41H,8-11,14-18,21H2,1-2H3. The number of ether oxygens (including phenoxy) is 1. The lowest BCUT2D eigenvalue weighted by Crippen LogP contribution is -2.46. The molecule has 0 unspecified atom stereocenters. The van der Waals surface area contributed by atoms with Crippen molar-refractivity contribution in [3.8, 4) is 17.6 Å². The average Bonchev–Trinajstić information content (AvgIpc) is 3.35. The number of benzene rings is 2. The summed E-state index contributed by atoms with van der Waals surface area (Å²) >= 11 is 0. The fourth-order valence-electron chi connectivity index (χ4n) is 6.58. The van der Waals surface area contributed by atoms with E-state index in [0.29, 0.717) is 35.4 Å². The highest BCUT2D eigenvalue weighted by atomic mass is 32.2. The number of anilines is 2. The van der Waals surface area contributed by atoms with E-state index in [1.807, 2.05) is 6.07 Å². The fourth-order valence-corrected chi connectivity index (χ4v) is 7.22. The second kappa shape index (κ2) is 13.9. The molecule has 3 aromatic rings. The van der Waals surface area contributed by atoms with Gasteiger partial charge >= 0.3 is 12.4 Å². The Morgan fingerprint density at radius 2 is 1.64 bits per heavy atom. The molecule has 2 heterocycles. The van der Waals surface area contributed by atoms with Crippen LogP contribution < -0.4 is 15.4 Å². The number of halogens is 6. The number of rotatable bonds is 8. The van der Waals surface area contributed by atoms with E-state index in [0.717, 1.165) is 36.5 Å². The molecule has 1 saturated carbocycles. The molecule has 1 aliphatic heterocycles. The predicted molar refractivity (Wildman–Crippen MR) is 169 cm³/mol. The van der Waals surface area contributed by atoms with E-state index in [1.54, 1.807) is 24.3 Å². The van der Waals surface area contributed by atoms with Crippen molar-refractivity contribution >= 4 is 32.1 Å². The summed E-state index contributed by atoms with van der Waals surface area (Å²) in [5.74, 6) is 4.80. The number of nitrogens with zero attached hydrogens (tertiary/aromatic N) is 2. The summed E-state index contributed by atoms with van der Waals surface area (Å²) in [5.41, 5.74) is 1.77. The maximum atomic E-state index is 13.7. The quantitative estimate of drug-likeness (QED) is 0.195. The molecule has 2 aromatic carbocycles. The highest BCUT2D eigenvalue weighted by molar-refractivity contribution is 7.90. The van der Waals surface area contributed by atoms with E-state index < -0.39 is 34.7 Å². The molecule has 47 heavy (non-hydrogen) atoms. The second-order valence-electron chi connectivity index (χ2n) is 12.3. The zero-order valence-electron chi connectivity index (χ0n) is 26.1. The predicted octanol–water partition coefficient (Wildman–Crippen LogP) is 7.08. The van der Waals surface area contributed by atoms with Crippen molar-refractivity contribution in [1.82, 2.24) is 9.47 Å². The first-order valence-corrected chi connectivity index (χ1v) is 17.4. The molecular formula is C33H38F6N4O3S. The highest BCUT2D eigenvalue weighted by Gasteiger charge is 2.42. The lowest BCUT2D eigenvalue weighted by Gasteiger charge is -2.41. The molecule has 0 amide bonds. The van der Waals surface area contributed by atoms with Gasteiger partial charge in [-0.3, -0.25) is 0 Å². The number of methoxy groups -OCH3 is 1. The molecule has 2 aliphatic rings. The van der Waals surface area contributed by atoms with Crippen LogP contribution in [-0.2, 0) is 16.4 Å². The van der Waals surface area contributed by atoms with Crippen molar-refractivity contribution in [2.75, 3.05) is 43.6 Å². The Balaban J connectivity index is 1.28. The van der Waals surface area contributed by atoms with Crippen LogP contribution in [-0.4, -0.2) is 75.3 Å². The van der Waals surface area contributed by atoms with E-state index in [-0.39, 0.29) is 47.8 Å². The Hall–Kier alpha value is -3.57. The lowest BCUT2D eigenvalue weighted by molar-refractivity contribution is -0.186. The lowest BCUT2D eigenvalue weighted by atomic mass is 9.87. The molecule has 0 radical (unpaired) electrons. The molecule has 0 bridgehead atoms. The molecule has 0 spiro atoms. The van der Waals surface area contributed by atoms with Gasteiger partial charge in [-0.05, 0) is 87.9 Å². The van der Waals surface area contributed by atoms with Gasteiger partial charge in [0.25, 0.3) is 0 Å². The number of sulfone groups is 1. The number of likely N-dealkylation sites (tertiary alicyclic amines) is 1. The Morgan fingerprint density at radius 3 is 2.26 bits per heavy atom. The summed E-state index contributed by atoms with van der Waals surface area (Å²) in [6, 6.07) is 11.5. The summed E-state index contributed by atoms with van der Waals surface area (Å²) in [6.07, 6.45) is -3.99. The smallest absolute Gasteiger partial charge is 0.406 e. The Kier molecular flexibility index (Phi) is 10.3. The number of fused-ring (bicyclic) bond motifs is 1. The summed E-state index contributed by atoms with van der Waals surface area (Å²) in [5, 5.41) is 7.15. The SMILES string of the molecule is COc1cc(S(C)(=O)=O)ccc1NCC#Cc1cc2c(NC3CCC(N4CCC(C(F)(F)F)CC4)CC3)cccc2n1CC(F)(F)F. The van der Waals surface area contributed by atoms with Crippen molar-refractivity contribution < 1.29 is 39.5 Å². The minimum atomic E-state index is -4.48. The van der Waals surface area contributed by atoms with Crippen LogP contribution in [0.3, 0.4) is 0 Å². The van der Waals surface area contributed by atoms with Gasteiger partial charge in [0.2, 0.25) is 0 Å². The van der Waals surface area contributed by atoms with Gasteiger partial charge in [0.1, 0.15) is 12.3 Å². The molecule has 2 N–H and O–H groups in total. The van der Waals surface area contributed by atoms with Gasteiger partial charge in [-0.25, -0.2) is 8.42 Å². The van der Waals surface area contributed by atoms with Crippen LogP contribution in [0.1, 0.15) is 44.2 Å². The van der Waals surface area contributed by atoms with Gasteiger partial charge in [-0.15, -0.1) is 0 Å². The van der Waals surface area contributed by atoms with E-state index in [4.69, 9.17) is 4.74 Å². The normalized spacial score (nSPS) is 20.1. The van der Waals surface area contributed by atoms with Crippen LogP contribution in [0, 0.1) is 17.8 Å². The number of nitrogens with one attached hydrogen (secondary N) is 2. The van der Waals surface area contributed by atoms with E-state index >= 15 is 0 Å². The number of aromatic nitrogens is 1. The first-order valence-electron chi connectivity index (χ1n) is 15.5. The molecule has 0 atom stereocenters. The van der Waals surface area contributed by atoms with Gasteiger partial charge in [-0.2, -0.15) is 26.3 Å². The van der Waals surface area contributed by atoms with Gasteiger partial charge in [0.15, 0.2) is 9.84 Å². The van der Waals surface area contributed by atoms with E-state index in [9.17, 15) is 34.8 Å². The van der Waals surface area contributed by atoms with E-state index in [1.165, 1.54) is 19.2 Å². The van der Waals surface area contributed by atoms with Gasteiger partial charge in [0.05, 0.1) is 41.4 Å². The molecule has 7 nitrogen and oxygen atoms in total. The van der Waals surface area contributed by atoms with Gasteiger partial charge in [-0.1, -0.05) is 12.0 Å². The number of hydrogen-bond donors (Lipinski definition) is 2. The second-order valence-corrected chi connectivity index (χ2v) is 14.3. The first-order chi connectivity index (χ1) is 22.1. The Labute approximate surface area is 270 Å². The van der Waals surface area contributed by atoms with Crippen molar-refractivity contribution in [3.05, 3.63) is 48.2 Å². The third kappa shape index (κ3) is 8.67.